The molecule has 0 aliphatic carbocycles. The summed E-state index contributed by atoms with van der Waals surface area (Å²) in [5.74, 6) is 0. The van der Waals surface area contributed by atoms with Crippen molar-refractivity contribution in [3.8, 4) is 167 Å². The van der Waals surface area contributed by atoms with Crippen molar-refractivity contribution >= 4 is 12.6 Å². The summed E-state index contributed by atoms with van der Waals surface area (Å²) in [6, 6.07) is 126. The molecule has 524 valence electrons. The quantitative estimate of drug-likeness (QED) is 0.0713. The minimum atomic E-state index is -0.747. The van der Waals surface area contributed by atoms with Crippen LogP contribution in [0.1, 0.15) is 44.4 Å². The first kappa shape index (κ1) is 71.2. The molecule has 0 saturated carbocycles. The van der Waals surface area contributed by atoms with Gasteiger partial charge in [-0.05, 0) is 184 Å². The second-order valence-electron chi connectivity index (χ2n) is 29.2. The molecule has 3 aromatic heterocycles. The first-order chi connectivity index (χ1) is 52.7. The van der Waals surface area contributed by atoms with Crippen LogP contribution >= 0.6 is 0 Å². The van der Waals surface area contributed by atoms with Gasteiger partial charge in [0.15, 0.2) is 0 Å². The fourth-order valence-electron chi connectivity index (χ4n) is 15.0. The van der Waals surface area contributed by atoms with Crippen LogP contribution in [0.3, 0.4) is 0 Å². The van der Waals surface area contributed by atoms with Gasteiger partial charge in [0.25, 0.3) is 0 Å². The van der Waals surface area contributed by atoms with Crippen molar-refractivity contribution in [1.82, 2.24) is 15.0 Å². The summed E-state index contributed by atoms with van der Waals surface area (Å²) in [5, 5.41) is 0. The van der Waals surface area contributed by atoms with Gasteiger partial charge in [-0.3, -0.25) is 0 Å². The first-order valence-corrected chi connectivity index (χ1v) is 37.0. The van der Waals surface area contributed by atoms with E-state index in [1.54, 1.807) is 0 Å². The number of aryl methyl sites for hydroxylation is 3. The number of rotatable bonds is 16. The molecular formula is C102H77BIrN3O2. The molecule has 109 heavy (non-hydrogen) atoms. The smallest absolute Gasteiger partial charge is 0.400 e. The summed E-state index contributed by atoms with van der Waals surface area (Å²) in [6.07, 6.45) is 5.96. The standard InChI is InChI=1S/C102H77BN3O2.Ir/c1-67-54-98(104-64-94(67)73-32-20-11-21-33-73)78-42-38-76(39-43-78)91-60-80(70-26-14-8-15-27-70)46-50-87(91)84-57-85(88-51-47-81(71-28-16-9-17-29-71)61-92(88)77-40-44-79(45-41-77)99-55-68(2)95(65-105-99)74-34-22-12-23-35-74)59-86(58-84)89-52-48-82(72-30-18-10-19-31-72)62-93(89)90-53-49-83(63-97(90)103-107-101(4,5)102(6,7)108-103)100-56-69(3)96(66-106-100)75-36-24-13-25-37-75;/h8-42,44,46-48,50-66H,1-7H3;/q-3;+3. The average Bonchev–Trinajstić information content (AvgIpc) is 1.58. The van der Waals surface area contributed by atoms with E-state index in [0.717, 1.165) is 189 Å². The number of aromatic nitrogens is 3. The van der Waals surface area contributed by atoms with Crippen molar-refractivity contribution < 1.29 is 29.4 Å². The molecule has 0 bridgehead atoms. The van der Waals surface area contributed by atoms with E-state index in [0.29, 0.717) is 0 Å². The number of hydrogen-bond donors (Lipinski definition) is 0. The Morgan fingerprint density at radius 3 is 0.881 bits per heavy atom. The van der Waals surface area contributed by atoms with E-state index in [9.17, 15) is 0 Å². The SMILES string of the molecule is Cc1cc(-c2[c-]cc(-c3cc(-c4ccccc4)ccc3-c3cc(-c4ccc(-c5ccccc5)cc4-c4c[c-]c(-c5cc(C)c(-c6ccccc6)cn5)cc4)cc(-c4ccc(-c5ccccc5)cc4-c4c[c-]c(-c5cc(C)c(-c6ccccc6)cn5)cc4B4OC(C)(C)C(C)(C)O4)c3)cc2)ncc1-c1ccccc1.[Ir+3]. The summed E-state index contributed by atoms with van der Waals surface area (Å²) < 4.78 is 14.3. The van der Waals surface area contributed by atoms with Crippen LogP contribution in [0, 0.1) is 39.0 Å². The van der Waals surface area contributed by atoms with E-state index in [2.05, 4.69) is 370 Å². The van der Waals surface area contributed by atoms with Gasteiger partial charge in [0.2, 0.25) is 0 Å². The predicted octanol–water partition coefficient (Wildman–Crippen LogP) is 25.5. The summed E-state index contributed by atoms with van der Waals surface area (Å²) >= 11 is 0. The first-order valence-electron chi connectivity index (χ1n) is 37.0. The largest absolute Gasteiger partial charge is 3.00 e. The van der Waals surface area contributed by atoms with Crippen LogP contribution < -0.4 is 5.46 Å². The Bertz CT molecular complexity index is 5740. The van der Waals surface area contributed by atoms with Crippen molar-refractivity contribution in [2.75, 3.05) is 0 Å². The Morgan fingerprint density at radius 2 is 0.550 bits per heavy atom. The number of pyridine rings is 3. The Morgan fingerprint density at radius 1 is 0.248 bits per heavy atom. The van der Waals surface area contributed by atoms with Gasteiger partial charge in [0.05, 0.1) is 11.2 Å². The van der Waals surface area contributed by atoms with Crippen LogP contribution in [-0.2, 0) is 29.4 Å². The average molecular weight is 1580 g/mol. The summed E-state index contributed by atoms with van der Waals surface area (Å²) in [7, 11) is -0.747. The maximum absolute atomic E-state index is 7.16. The fourth-order valence-corrected chi connectivity index (χ4v) is 15.0. The van der Waals surface area contributed by atoms with Gasteiger partial charge in [0.1, 0.15) is 0 Å². The van der Waals surface area contributed by atoms with Crippen molar-refractivity contribution in [3.63, 3.8) is 0 Å². The normalized spacial score (nSPS) is 12.9. The third-order valence-electron chi connectivity index (χ3n) is 21.7. The molecule has 1 fully saturated rings. The van der Waals surface area contributed by atoms with Gasteiger partial charge in [0, 0.05) is 35.3 Å². The Kier molecular flexibility index (Phi) is 19.8. The third kappa shape index (κ3) is 14.5. The van der Waals surface area contributed by atoms with Gasteiger partial charge >= 0.3 is 27.2 Å². The monoisotopic (exact) mass is 1580 g/mol. The van der Waals surface area contributed by atoms with E-state index in [1.165, 1.54) is 0 Å². The van der Waals surface area contributed by atoms with Crippen molar-refractivity contribution in [2.45, 2.75) is 59.7 Å². The summed E-state index contributed by atoms with van der Waals surface area (Å²) in [6.45, 7) is 15.0. The van der Waals surface area contributed by atoms with E-state index in [-0.39, 0.29) is 20.1 Å². The molecule has 0 spiro atoms. The molecule has 13 aromatic carbocycles. The molecule has 17 rings (SSSR count). The molecule has 1 aliphatic heterocycles. The van der Waals surface area contributed by atoms with Crippen LogP contribution in [0.15, 0.2) is 340 Å². The molecular weight excluding hydrogens is 1500 g/mol. The minimum Gasteiger partial charge on any atom is -0.400 e. The molecule has 0 N–H and O–H groups in total. The molecule has 0 amide bonds. The maximum Gasteiger partial charge on any atom is 3.00 e. The van der Waals surface area contributed by atoms with Crippen LogP contribution in [0.4, 0.5) is 0 Å². The van der Waals surface area contributed by atoms with Crippen LogP contribution in [0.25, 0.3) is 167 Å². The molecule has 0 radical (unpaired) electrons. The third-order valence-corrected chi connectivity index (χ3v) is 21.7. The van der Waals surface area contributed by atoms with Gasteiger partial charge in [-0.2, -0.15) is 0 Å². The fraction of sp³-hybridized carbons (Fsp3) is 0.0882. The number of benzene rings is 13. The van der Waals surface area contributed by atoms with Crippen molar-refractivity contribution in [2.24, 2.45) is 0 Å². The van der Waals surface area contributed by atoms with Crippen molar-refractivity contribution in [1.29, 1.82) is 0 Å². The predicted molar refractivity (Wildman–Crippen MR) is 448 cm³/mol. The molecule has 5 nitrogen and oxygen atoms in total. The topological polar surface area (TPSA) is 57.1 Å². The van der Waals surface area contributed by atoms with E-state index < -0.39 is 18.3 Å². The van der Waals surface area contributed by atoms with Gasteiger partial charge in [-0.15, -0.1) is 83.4 Å². The Balaban J connectivity index is 0.00000904. The Labute approximate surface area is 654 Å². The van der Waals surface area contributed by atoms with Gasteiger partial charge in [-0.1, -0.05) is 294 Å². The second kappa shape index (κ2) is 30.3. The van der Waals surface area contributed by atoms with Crippen LogP contribution in [0.5, 0.6) is 0 Å². The number of hydrogen-bond acceptors (Lipinski definition) is 5. The van der Waals surface area contributed by atoms with Crippen LogP contribution in [0.2, 0.25) is 0 Å². The van der Waals surface area contributed by atoms with Gasteiger partial charge < -0.3 is 24.3 Å². The second-order valence-corrected chi connectivity index (χ2v) is 29.2. The molecule has 7 heteroatoms. The van der Waals surface area contributed by atoms with Crippen LogP contribution in [-0.4, -0.2) is 33.3 Å². The summed E-state index contributed by atoms with van der Waals surface area (Å²) in [5.41, 5.74) is 33.8. The molecule has 4 heterocycles. The van der Waals surface area contributed by atoms with E-state index in [4.69, 9.17) is 24.3 Å². The molecule has 0 unspecified atom stereocenters. The molecule has 0 atom stereocenters. The zero-order valence-electron chi connectivity index (χ0n) is 61.9. The maximum atomic E-state index is 7.16. The van der Waals surface area contributed by atoms with Gasteiger partial charge in [-0.25, -0.2) is 0 Å². The van der Waals surface area contributed by atoms with E-state index >= 15 is 0 Å². The van der Waals surface area contributed by atoms with Crippen molar-refractivity contribution in [3.05, 3.63) is 375 Å². The molecule has 1 aliphatic rings. The number of nitrogens with zero attached hydrogens (tertiary/aromatic N) is 3. The minimum absolute atomic E-state index is 0. The molecule has 16 aromatic rings. The zero-order chi connectivity index (χ0) is 73.5. The zero-order valence-corrected chi connectivity index (χ0v) is 64.3. The Hall–Kier alpha value is -12.1. The summed E-state index contributed by atoms with van der Waals surface area (Å²) in [4.78, 5) is 15.2. The molecule has 1 saturated heterocycles. The van der Waals surface area contributed by atoms with E-state index in [1.807, 2.05) is 36.8 Å².